The van der Waals surface area contributed by atoms with Gasteiger partial charge in [0.2, 0.25) is 0 Å². The molecule has 0 fully saturated rings. The molecule has 186 valence electrons. The first-order chi connectivity index (χ1) is 17.3. The highest BCUT2D eigenvalue weighted by Gasteiger charge is 2.30. The number of pyridine rings is 1. The third kappa shape index (κ3) is 4.52. The van der Waals surface area contributed by atoms with E-state index in [-0.39, 0.29) is 35.0 Å². The minimum Gasteiger partial charge on any atom is -0.462 e. The van der Waals surface area contributed by atoms with Crippen LogP contribution in [0.25, 0.3) is 22.0 Å². The minimum absolute atomic E-state index is 0.105. The Hall–Kier alpha value is -3.89. The van der Waals surface area contributed by atoms with Crippen molar-refractivity contribution in [2.24, 2.45) is 12.2 Å². The molecule has 9 nitrogen and oxygen atoms in total. The van der Waals surface area contributed by atoms with E-state index < -0.39 is 21.6 Å². The van der Waals surface area contributed by atoms with Crippen LogP contribution < -0.4 is 5.32 Å². The van der Waals surface area contributed by atoms with E-state index >= 15 is 0 Å². The van der Waals surface area contributed by atoms with E-state index in [1.54, 1.807) is 68.3 Å². The molecule has 0 aliphatic rings. The molecule has 2 aromatic heterocycles. The first kappa shape index (κ1) is 25.2. The molecular weight excluding hydrogens is 480 g/mol. The second kappa shape index (κ2) is 10.4. The lowest BCUT2D eigenvalue weighted by atomic mass is 9.96. The molecule has 0 unspecified atom stereocenters. The van der Waals surface area contributed by atoms with E-state index in [1.807, 2.05) is 6.07 Å². The fourth-order valence-electron chi connectivity index (χ4n) is 4.39. The molecule has 36 heavy (non-hydrogen) atoms. The number of carbonyl (C=O) groups excluding carboxylic acids is 1. The number of hydrogen-bond acceptors (Lipinski definition) is 8. The molecule has 4 aromatic rings. The van der Waals surface area contributed by atoms with E-state index in [0.29, 0.717) is 27.6 Å². The predicted molar refractivity (Wildman–Crippen MR) is 138 cm³/mol. The molecule has 4 rings (SSSR count). The van der Waals surface area contributed by atoms with Crippen molar-refractivity contribution < 1.29 is 17.9 Å². The summed E-state index contributed by atoms with van der Waals surface area (Å²) in [6.45, 7) is 2.00. The summed E-state index contributed by atoms with van der Waals surface area (Å²) in [5.74, 6) is -1.09. The van der Waals surface area contributed by atoms with Crippen molar-refractivity contribution in [3.63, 3.8) is 0 Å². The van der Waals surface area contributed by atoms with E-state index in [1.165, 1.54) is 12.1 Å². The standard InChI is InChI=1S/C26H26N4O5S/c1-4-35-26(31)24-22(16-36(33,34)18-10-6-5-7-11-18)30(3)21-13-19(17-9-8-12-28-14-17)25(29-32)20(15-27-2)23(21)24/h5-14,27H,4,15-16H2,1-3H3. The summed E-state index contributed by atoms with van der Waals surface area (Å²) in [7, 11) is -0.384. The summed E-state index contributed by atoms with van der Waals surface area (Å²) >= 11 is 0. The van der Waals surface area contributed by atoms with Crippen LogP contribution in [0.4, 0.5) is 5.69 Å². The van der Waals surface area contributed by atoms with Gasteiger partial charge in [-0.05, 0) is 43.4 Å². The van der Waals surface area contributed by atoms with Gasteiger partial charge in [0.1, 0.15) is 5.69 Å². The van der Waals surface area contributed by atoms with Gasteiger partial charge in [-0.25, -0.2) is 13.2 Å². The SMILES string of the molecule is CCOC(=O)c1c(CS(=O)(=O)c2ccccc2)n(C)c2cc(-c3cccnc3)c(N=O)c(CNC)c12. The molecule has 1 N–H and O–H groups in total. The van der Waals surface area contributed by atoms with E-state index in [0.717, 1.165) is 0 Å². The number of sulfone groups is 1. The van der Waals surface area contributed by atoms with Gasteiger partial charge in [-0.2, -0.15) is 0 Å². The second-order valence-corrected chi connectivity index (χ2v) is 10.2. The highest BCUT2D eigenvalue weighted by atomic mass is 32.2. The van der Waals surface area contributed by atoms with E-state index in [9.17, 15) is 18.1 Å². The first-order valence-corrected chi connectivity index (χ1v) is 13.0. The van der Waals surface area contributed by atoms with Crippen LogP contribution in [-0.4, -0.2) is 37.6 Å². The van der Waals surface area contributed by atoms with Crippen LogP contribution in [0, 0.1) is 4.91 Å². The zero-order valence-electron chi connectivity index (χ0n) is 20.2. The molecule has 2 aromatic carbocycles. The van der Waals surface area contributed by atoms with Crippen molar-refractivity contribution in [2.45, 2.75) is 24.1 Å². The van der Waals surface area contributed by atoms with Gasteiger partial charge in [0.15, 0.2) is 9.84 Å². The first-order valence-electron chi connectivity index (χ1n) is 11.3. The molecule has 0 amide bonds. The normalized spacial score (nSPS) is 11.5. The molecule has 0 atom stereocenters. The summed E-state index contributed by atoms with van der Waals surface area (Å²) in [6, 6.07) is 13.4. The predicted octanol–water partition coefficient (Wildman–Crippen LogP) is 4.51. The largest absolute Gasteiger partial charge is 0.462 e. The van der Waals surface area contributed by atoms with Gasteiger partial charge in [-0.15, -0.1) is 4.91 Å². The molecule has 0 spiro atoms. The molecule has 0 aliphatic heterocycles. The third-order valence-corrected chi connectivity index (χ3v) is 7.65. The Morgan fingerprint density at radius 2 is 1.92 bits per heavy atom. The van der Waals surface area contributed by atoms with Gasteiger partial charge in [0, 0.05) is 59.3 Å². The van der Waals surface area contributed by atoms with Gasteiger partial charge in [0.25, 0.3) is 0 Å². The number of nitrogens with zero attached hydrogens (tertiary/aromatic N) is 3. The van der Waals surface area contributed by atoms with Crippen LogP contribution in [0.1, 0.15) is 28.5 Å². The van der Waals surface area contributed by atoms with Crippen LogP contribution in [0.15, 0.2) is 71.0 Å². The average molecular weight is 507 g/mol. The molecular formula is C26H26N4O5S. The number of nitroso groups, excluding NO2 is 1. The maximum Gasteiger partial charge on any atom is 0.340 e. The Labute approximate surface area is 209 Å². The van der Waals surface area contributed by atoms with Crippen molar-refractivity contribution in [1.29, 1.82) is 0 Å². The topological polar surface area (TPSA) is 120 Å². The maximum absolute atomic E-state index is 13.3. The lowest BCUT2D eigenvalue weighted by Gasteiger charge is -2.13. The number of aromatic nitrogens is 2. The second-order valence-electron chi connectivity index (χ2n) is 8.18. The fourth-order valence-corrected chi connectivity index (χ4v) is 5.83. The van der Waals surface area contributed by atoms with Gasteiger partial charge < -0.3 is 14.6 Å². The van der Waals surface area contributed by atoms with Crippen LogP contribution in [0.3, 0.4) is 0 Å². The molecule has 10 heteroatoms. The number of fused-ring (bicyclic) bond motifs is 1. The van der Waals surface area contributed by atoms with Gasteiger partial charge in [-0.3, -0.25) is 4.98 Å². The number of nitrogens with one attached hydrogen (secondary N) is 1. The zero-order chi connectivity index (χ0) is 25.9. The fraction of sp³-hybridized carbons (Fsp3) is 0.231. The molecule has 0 saturated heterocycles. The van der Waals surface area contributed by atoms with Crippen molar-refractivity contribution in [3.05, 3.63) is 82.7 Å². The molecule has 0 aliphatic carbocycles. The van der Waals surface area contributed by atoms with E-state index in [2.05, 4.69) is 15.5 Å². The number of esters is 1. The molecule has 0 radical (unpaired) electrons. The van der Waals surface area contributed by atoms with Crippen molar-refractivity contribution in [2.75, 3.05) is 13.7 Å². The Kier molecular flexibility index (Phi) is 7.27. The molecule has 2 heterocycles. The van der Waals surface area contributed by atoms with E-state index in [4.69, 9.17) is 4.74 Å². The number of benzene rings is 2. The quantitative estimate of drug-likeness (QED) is 0.262. The molecule has 0 bridgehead atoms. The van der Waals surface area contributed by atoms with Crippen molar-refractivity contribution in [1.82, 2.24) is 14.9 Å². The summed E-state index contributed by atoms with van der Waals surface area (Å²) < 4.78 is 33.7. The molecule has 0 saturated carbocycles. The maximum atomic E-state index is 13.3. The van der Waals surface area contributed by atoms with Crippen LogP contribution in [0.2, 0.25) is 0 Å². The highest BCUT2D eigenvalue weighted by molar-refractivity contribution is 7.90. The number of carbonyl (C=O) groups is 1. The lowest BCUT2D eigenvalue weighted by molar-refractivity contribution is 0.0527. The van der Waals surface area contributed by atoms with Crippen LogP contribution >= 0.6 is 0 Å². The Morgan fingerprint density at radius 1 is 1.17 bits per heavy atom. The number of aryl methyl sites for hydroxylation is 1. The lowest BCUT2D eigenvalue weighted by Crippen LogP contribution is -2.14. The minimum atomic E-state index is -3.80. The van der Waals surface area contributed by atoms with Gasteiger partial charge in [-0.1, -0.05) is 24.3 Å². The van der Waals surface area contributed by atoms with Gasteiger partial charge in [0.05, 0.1) is 22.8 Å². The highest BCUT2D eigenvalue weighted by Crippen LogP contribution is 2.42. The smallest absolute Gasteiger partial charge is 0.340 e. The number of ether oxygens (including phenoxy) is 1. The van der Waals surface area contributed by atoms with Crippen LogP contribution in [-0.2, 0) is 33.9 Å². The zero-order valence-corrected chi connectivity index (χ0v) is 21.0. The monoisotopic (exact) mass is 506 g/mol. The number of hydrogen-bond donors (Lipinski definition) is 1. The average Bonchev–Trinajstić information content (AvgIpc) is 3.16. The Morgan fingerprint density at radius 3 is 2.53 bits per heavy atom. The summed E-state index contributed by atoms with van der Waals surface area (Å²) in [6.07, 6.45) is 3.24. The summed E-state index contributed by atoms with van der Waals surface area (Å²) in [5, 5.41) is 6.80. The van der Waals surface area contributed by atoms with Crippen molar-refractivity contribution in [3.8, 4) is 11.1 Å². The van der Waals surface area contributed by atoms with Gasteiger partial charge >= 0.3 is 5.97 Å². The van der Waals surface area contributed by atoms with Crippen LogP contribution in [0.5, 0.6) is 0 Å². The Bertz CT molecular complexity index is 1530. The summed E-state index contributed by atoms with van der Waals surface area (Å²) in [5.41, 5.74) is 2.79. The summed E-state index contributed by atoms with van der Waals surface area (Å²) in [4.78, 5) is 29.7. The third-order valence-electron chi connectivity index (χ3n) is 6.01. The number of rotatable bonds is 9. The van der Waals surface area contributed by atoms with Crippen molar-refractivity contribution >= 4 is 32.4 Å². The Balaban J connectivity index is 2.08.